The van der Waals surface area contributed by atoms with Crippen LogP contribution >= 0.6 is 0 Å². The molecule has 3 aromatic carbocycles. The first-order valence-electron chi connectivity index (χ1n) is 7.82. The fourth-order valence-electron chi connectivity index (χ4n) is 3.39. The minimum Gasteiger partial charge on any atom is -0.0874 e. The van der Waals surface area contributed by atoms with Crippen LogP contribution in [0.2, 0.25) is 0 Å². The second-order valence-corrected chi connectivity index (χ2v) is 5.98. The van der Waals surface area contributed by atoms with E-state index in [0.717, 1.165) is 0 Å². The number of hydrogen-bond acceptors (Lipinski definition) is 0. The van der Waals surface area contributed by atoms with Crippen LogP contribution in [0.5, 0.6) is 0 Å². The van der Waals surface area contributed by atoms with E-state index in [4.69, 9.17) is 0 Å². The quantitative estimate of drug-likeness (QED) is 0.478. The number of rotatable bonds is 2. The van der Waals surface area contributed by atoms with Gasteiger partial charge in [0.2, 0.25) is 0 Å². The Kier molecular flexibility index (Phi) is 4.02. The van der Waals surface area contributed by atoms with Crippen LogP contribution in [-0.2, 0) is 0 Å². The van der Waals surface area contributed by atoms with E-state index in [1.807, 2.05) is 0 Å². The van der Waals surface area contributed by atoms with Crippen molar-refractivity contribution in [2.45, 2.75) is 0 Å². The standard InChI is InChI=1S/C18H18B4/c19-15-13(11-7-3-1-4-8-11)16(20)18(22)14(17(15)21)12-9-5-2-6-10-12/h1-10H,19-22H2. The summed E-state index contributed by atoms with van der Waals surface area (Å²) in [4.78, 5) is 0. The lowest BCUT2D eigenvalue weighted by Crippen LogP contribution is -2.44. The highest BCUT2D eigenvalue weighted by Crippen LogP contribution is 2.17. The SMILES string of the molecule is Bc1c(B)c(-c2ccccc2)c(B)c(B)c1-c1ccccc1. The Bertz CT molecular complexity index is 712. The van der Waals surface area contributed by atoms with E-state index in [0.29, 0.717) is 0 Å². The molecule has 0 bridgehead atoms. The van der Waals surface area contributed by atoms with Crippen molar-refractivity contribution < 1.29 is 0 Å². The van der Waals surface area contributed by atoms with E-state index in [1.54, 1.807) is 0 Å². The predicted octanol–water partition coefficient (Wildman–Crippen LogP) is -1.95. The van der Waals surface area contributed by atoms with Gasteiger partial charge in [-0.15, -0.1) is 0 Å². The molecular weight excluding hydrogens is 259 g/mol. The van der Waals surface area contributed by atoms with Crippen molar-refractivity contribution in [2.75, 3.05) is 0 Å². The van der Waals surface area contributed by atoms with E-state index in [9.17, 15) is 0 Å². The molecule has 0 spiro atoms. The minimum atomic E-state index is 1.31. The van der Waals surface area contributed by atoms with Gasteiger partial charge in [-0.3, -0.25) is 0 Å². The van der Waals surface area contributed by atoms with Crippen LogP contribution in [0.1, 0.15) is 0 Å². The van der Waals surface area contributed by atoms with Gasteiger partial charge in [0.15, 0.2) is 0 Å². The third-order valence-electron chi connectivity index (χ3n) is 4.75. The molecule has 4 heteroatoms. The van der Waals surface area contributed by atoms with Gasteiger partial charge in [-0.25, -0.2) is 0 Å². The summed E-state index contributed by atoms with van der Waals surface area (Å²) in [5.74, 6) is 0. The largest absolute Gasteiger partial charge is 0.139 e. The van der Waals surface area contributed by atoms with Crippen molar-refractivity contribution in [1.29, 1.82) is 0 Å². The lowest BCUT2D eigenvalue weighted by Gasteiger charge is -2.22. The van der Waals surface area contributed by atoms with Crippen molar-refractivity contribution in [2.24, 2.45) is 0 Å². The van der Waals surface area contributed by atoms with Crippen molar-refractivity contribution in [3.63, 3.8) is 0 Å². The molecule has 0 aliphatic rings. The molecule has 0 fully saturated rings. The maximum Gasteiger partial charge on any atom is 0.139 e. The number of hydrogen-bond donors (Lipinski definition) is 0. The second-order valence-electron chi connectivity index (χ2n) is 5.98. The van der Waals surface area contributed by atoms with Gasteiger partial charge in [0.05, 0.1) is 0 Å². The molecule has 0 radical (unpaired) electrons. The molecule has 0 saturated heterocycles. The Morgan fingerprint density at radius 2 is 0.682 bits per heavy atom. The monoisotopic (exact) mass is 278 g/mol. The molecule has 3 rings (SSSR count). The zero-order valence-electron chi connectivity index (χ0n) is 13.8. The molecule has 0 aliphatic carbocycles. The molecule has 0 aliphatic heterocycles. The predicted molar refractivity (Wildman–Crippen MR) is 110 cm³/mol. The Morgan fingerprint density at radius 3 is 0.955 bits per heavy atom. The molecule has 0 unspecified atom stereocenters. The van der Waals surface area contributed by atoms with Crippen LogP contribution in [0.3, 0.4) is 0 Å². The maximum atomic E-state index is 2.25. The zero-order chi connectivity index (χ0) is 15.7. The molecule has 102 valence electrons. The minimum absolute atomic E-state index is 1.31. The molecule has 0 aromatic heterocycles. The zero-order valence-corrected chi connectivity index (χ0v) is 13.8. The van der Waals surface area contributed by atoms with Gasteiger partial charge < -0.3 is 0 Å². The lowest BCUT2D eigenvalue weighted by molar-refractivity contribution is 1.67. The highest BCUT2D eigenvalue weighted by atomic mass is 14.1. The molecule has 3 aromatic rings. The average Bonchev–Trinajstić information content (AvgIpc) is 2.55. The first-order chi connectivity index (χ1) is 10.6. The first-order valence-corrected chi connectivity index (χ1v) is 7.82. The molecule has 0 saturated carbocycles. The van der Waals surface area contributed by atoms with Crippen LogP contribution in [0.15, 0.2) is 60.7 Å². The second kappa shape index (κ2) is 5.96. The Balaban J connectivity index is 2.31. The van der Waals surface area contributed by atoms with Gasteiger partial charge in [0.25, 0.3) is 0 Å². The summed E-state index contributed by atoms with van der Waals surface area (Å²) >= 11 is 0. The first kappa shape index (κ1) is 14.8. The van der Waals surface area contributed by atoms with Crippen LogP contribution < -0.4 is 21.9 Å². The molecule has 0 atom stereocenters. The van der Waals surface area contributed by atoms with Crippen molar-refractivity contribution >= 4 is 53.2 Å². The Hall–Kier alpha value is -2.08. The molecule has 22 heavy (non-hydrogen) atoms. The van der Waals surface area contributed by atoms with Gasteiger partial charge in [-0.2, -0.15) is 0 Å². The third kappa shape index (κ3) is 2.43. The summed E-state index contributed by atoms with van der Waals surface area (Å²) in [5.41, 5.74) is 10.9. The molecule has 0 amide bonds. The summed E-state index contributed by atoms with van der Waals surface area (Å²) in [6, 6.07) is 21.4. The van der Waals surface area contributed by atoms with Gasteiger partial charge in [0, 0.05) is 0 Å². The molecule has 0 N–H and O–H groups in total. The van der Waals surface area contributed by atoms with Gasteiger partial charge >= 0.3 is 0 Å². The van der Waals surface area contributed by atoms with Crippen LogP contribution in [0.25, 0.3) is 22.3 Å². The average molecular weight is 278 g/mol. The summed E-state index contributed by atoms with van der Waals surface area (Å²) in [5, 5.41) is 0. The van der Waals surface area contributed by atoms with E-state index >= 15 is 0 Å². The summed E-state index contributed by atoms with van der Waals surface area (Å²) < 4.78 is 0. The topological polar surface area (TPSA) is 0 Å². The Morgan fingerprint density at radius 1 is 0.409 bits per heavy atom. The molecular formula is C18H18B4. The summed E-state index contributed by atoms with van der Waals surface area (Å²) in [6.07, 6.45) is 0. The third-order valence-corrected chi connectivity index (χ3v) is 4.75. The lowest BCUT2D eigenvalue weighted by atomic mass is 9.62. The van der Waals surface area contributed by atoms with Crippen molar-refractivity contribution in [3.05, 3.63) is 60.7 Å². The smallest absolute Gasteiger partial charge is 0.0874 e. The van der Waals surface area contributed by atoms with Gasteiger partial charge in [-0.05, 0) is 22.3 Å². The summed E-state index contributed by atoms with van der Waals surface area (Å²) in [7, 11) is 8.99. The fourth-order valence-corrected chi connectivity index (χ4v) is 3.39. The van der Waals surface area contributed by atoms with Crippen molar-refractivity contribution in [3.8, 4) is 22.3 Å². The number of benzene rings is 3. The molecule has 0 nitrogen and oxygen atoms in total. The highest BCUT2D eigenvalue weighted by molar-refractivity contribution is 6.62. The highest BCUT2D eigenvalue weighted by Gasteiger charge is 2.15. The van der Waals surface area contributed by atoms with Crippen LogP contribution in [0, 0.1) is 0 Å². The van der Waals surface area contributed by atoms with Gasteiger partial charge in [0.1, 0.15) is 31.4 Å². The van der Waals surface area contributed by atoms with E-state index < -0.39 is 0 Å². The van der Waals surface area contributed by atoms with Crippen LogP contribution in [-0.4, -0.2) is 31.4 Å². The van der Waals surface area contributed by atoms with Crippen LogP contribution in [0.4, 0.5) is 0 Å². The maximum absolute atomic E-state index is 2.25. The summed E-state index contributed by atoms with van der Waals surface area (Å²) in [6.45, 7) is 0. The van der Waals surface area contributed by atoms with E-state index in [-0.39, 0.29) is 0 Å². The van der Waals surface area contributed by atoms with E-state index in [2.05, 4.69) is 92.0 Å². The fraction of sp³-hybridized carbons (Fsp3) is 0. The molecule has 0 heterocycles. The normalized spacial score (nSPS) is 10.5. The Labute approximate surface area is 136 Å². The van der Waals surface area contributed by atoms with Crippen molar-refractivity contribution in [1.82, 2.24) is 0 Å². The van der Waals surface area contributed by atoms with Gasteiger partial charge in [-0.1, -0.05) is 82.5 Å². The van der Waals surface area contributed by atoms with E-state index in [1.165, 1.54) is 44.1 Å².